The molecule has 106 valence electrons. The Morgan fingerprint density at radius 2 is 2.25 bits per heavy atom. The molecule has 0 atom stereocenters. The van der Waals surface area contributed by atoms with Gasteiger partial charge >= 0.3 is 0 Å². The number of carbonyl (C=O) groups excluding carboxylic acids is 1. The van der Waals surface area contributed by atoms with Gasteiger partial charge in [-0.3, -0.25) is 4.79 Å². The molecule has 1 amide bonds. The van der Waals surface area contributed by atoms with E-state index >= 15 is 0 Å². The Morgan fingerprint density at radius 3 is 2.90 bits per heavy atom. The third-order valence-electron chi connectivity index (χ3n) is 3.93. The standard InChI is InChI=1S/C16H20N2OS/c1-11-10-13(12(2)18(11)14-5-6-14)7-8-17-16(19)15-4-3-9-20-15/h3-4,9-10,14H,5-8H2,1-2H3,(H,17,19). The lowest BCUT2D eigenvalue weighted by molar-refractivity contribution is 0.0958. The third kappa shape index (κ3) is 2.66. The van der Waals surface area contributed by atoms with E-state index in [1.807, 2.05) is 17.5 Å². The lowest BCUT2D eigenvalue weighted by Gasteiger charge is -2.08. The van der Waals surface area contributed by atoms with Crippen molar-refractivity contribution in [2.75, 3.05) is 6.54 Å². The summed E-state index contributed by atoms with van der Waals surface area (Å²) in [6.45, 7) is 5.08. The van der Waals surface area contributed by atoms with Gasteiger partial charge in [-0.15, -0.1) is 11.3 Å². The lowest BCUT2D eigenvalue weighted by atomic mass is 10.2. The maximum absolute atomic E-state index is 11.9. The summed E-state index contributed by atoms with van der Waals surface area (Å²) in [5.41, 5.74) is 4.08. The monoisotopic (exact) mass is 288 g/mol. The van der Waals surface area contributed by atoms with Crippen LogP contribution in [-0.2, 0) is 6.42 Å². The Labute approximate surface area is 123 Å². The zero-order valence-corrected chi connectivity index (χ0v) is 12.8. The van der Waals surface area contributed by atoms with Crippen molar-refractivity contribution in [1.82, 2.24) is 9.88 Å². The van der Waals surface area contributed by atoms with Crippen LogP contribution in [0.15, 0.2) is 23.6 Å². The summed E-state index contributed by atoms with van der Waals surface area (Å²) in [5, 5.41) is 4.93. The number of nitrogens with one attached hydrogen (secondary N) is 1. The van der Waals surface area contributed by atoms with Gasteiger partial charge in [-0.05, 0) is 56.2 Å². The SMILES string of the molecule is Cc1cc(CCNC(=O)c2cccs2)c(C)n1C1CC1. The van der Waals surface area contributed by atoms with Gasteiger partial charge in [0.1, 0.15) is 0 Å². The van der Waals surface area contributed by atoms with Crippen LogP contribution in [0.3, 0.4) is 0 Å². The van der Waals surface area contributed by atoms with E-state index in [-0.39, 0.29) is 5.91 Å². The number of thiophene rings is 1. The Morgan fingerprint density at radius 1 is 1.45 bits per heavy atom. The highest BCUT2D eigenvalue weighted by Crippen LogP contribution is 2.38. The minimum atomic E-state index is 0.0380. The predicted octanol–water partition coefficient (Wildman–Crippen LogP) is 3.47. The van der Waals surface area contributed by atoms with E-state index in [0.717, 1.165) is 17.3 Å². The van der Waals surface area contributed by atoms with Gasteiger partial charge in [0.15, 0.2) is 0 Å². The molecule has 0 aliphatic heterocycles. The number of rotatable bonds is 5. The van der Waals surface area contributed by atoms with Gasteiger partial charge in [0.25, 0.3) is 5.91 Å². The molecule has 4 heteroatoms. The molecule has 0 radical (unpaired) electrons. The average molecular weight is 288 g/mol. The number of carbonyl (C=O) groups is 1. The number of hydrogen-bond acceptors (Lipinski definition) is 2. The van der Waals surface area contributed by atoms with Crippen molar-refractivity contribution in [3.05, 3.63) is 45.4 Å². The van der Waals surface area contributed by atoms with E-state index in [0.29, 0.717) is 6.54 Å². The van der Waals surface area contributed by atoms with Crippen molar-refractivity contribution >= 4 is 17.2 Å². The van der Waals surface area contributed by atoms with Crippen molar-refractivity contribution in [2.45, 2.75) is 39.2 Å². The zero-order chi connectivity index (χ0) is 14.1. The molecule has 20 heavy (non-hydrogen) atoms. The van der Waals surface area contributed by atoms with Crippen molar-refractivity contribution in [3.8, 4) is 0 Å². The van der Waals surface area contributed by atoms with Gasteiger partial charge < -0.3 is 9.88 Å². The fraction of sp³-hybridized carbons (Fsp3) is 0.438. The first-order chi connectivity index (χ1) is 9.66. The molecule has 0 spiro atoms. The van der Waals surface area contributed by atoms with E-state index in [1.165, 1.54) is 41.1 Å². The molecule has 2 aromatic rings. The first-order valence-corrected chi connectivity index (χ1v) is 8.04. The van der Waals surface area contributed by atoms with E-state index in [4.69, 9.17) is 0 Å². The summed E-state index contributed by atoms with van der Waals surface area (Å²) in [4.78, 5) is 12.7. The van der Waals surface area contributed by atoms with Gasteiger partial charge in [0, 0.05) is 24.0 Å². The van der Waals surface area contributed by atoms with E-state index in [9.17, 15) is 4.79 Å². The molecule has 0 saturated heterocycles. The summed E-state index contributed by atoms with van der Waals surface area (Å²) in [5.74, 6) is 0.0380. The Bertz CT molecular complexity index is 609. The third-order valence-corrected chi connectivity index (χ3v) is 4.79. The van der Waals surface area contributed by atoms with Gasteiger partial charge in [-0.25, -0.2) is 0 Å². The highest BCUT2D eigenvalue weighted by Gasteiger charge is 2.26. The molecule has 1 saturated carbocycles. The maximum atomic E-state index is 11.9. The van der Waals surface area contributed by atoms with E-state index < -0.39 is 0 Å². The molecule has 0 aromatic carbocycles. The minimum Gasteiger partial charge on any atom is -0.351 e. The Hall–Kier alpha value is -1.55. The largest absolute Gasteiger partial charge is 0.351 e. The maximum Gasteiger partial charge on any atom is 0.261 e. The van der Waals surface area contributed by atoms with Gasteiger partial charge in [0.05, 0.1) is 4.88 Å². The number of aryl methyl sites for hydroxylation is 1. The number of nitrogens with zero attached hydrogens (tertiary/aromatic N) is 1. The summed E-state index contributed by atoms with van der Waals surface area (Å²) in [7, 11) is 0. The van der Waals surface area contributed by atoms with Crippen LogP contribution in [0.25, 0.3) is 0 Å². The van der Waals surface area contributed by atoms with Gasteiger partial charge in [-0.2, -0.15) is 0 Å². The molecule has 1 fully saturated rings. The van der Waals surface area contributed by atoms with Crippen molar-refractivity contribution < 1.29 is 4.79 Å². The van der Waals surface area contributed by atoms with Crippen LogP contribution in [-0.4, -0.2) is 17.0 Å². The molecule has 0 unspecified atom stereocenters. The Balaban J connectivity index is 1.59. The van der Waals surface area contributed by atoms with Gasteiger partial charge in [0.2, 0.25) is 0 Å². The molecular formula is C16H20N2OS. The number of aromatic nitrogens is 1. The van der Waals surface area contributed by atoms with E-state index in [2.05, 4.69) is 29.8 Å². The predicted molar refractivity (Wildman–Crippen MR) is 82.5 cm³/mol. The number of hydrogen-bond donors (Lipinski definition) is 1. The van der Waals surface area contributed by atoms with Crippen LogP contribution in [0.5, 0.6) is 0 Å². The second-order valence-corrected chi connectivity index (χ2v) is 6.43. The molecule has 1 N–H and O–H groups in total. The van der Waals surface area contributed by atoms with Crippen LogP contribution in [0.1, 0.15) is 45.5 Å². The van der Waals surface area contributed by atoms with Crippen molar-refractivity contribution in [2.24, 2.45) is 0 Å². The van der Waals surface area contributed by atoms with Crippen LogP contribution >= 0.6 is 11.3 Å². The van der Waals surface area contributed by atoms with Crippen LogP contribution < -0.4 is 5.32 Å². The highest BCUT2D eigenvalue weighted by atomic mass is 32.1. The second-order valence-electron chi connectivity index (χ2n) is 5.48. The van der Waals surface area contributed by atoms with Gasteiger partial charge in [-0.1, -0.05) is 6.07 Å². The summed E-state index contributed by atoms with van der Waals surface area (Å²) in [6, 6.07) is 6.76. The average Bonchev–Trinajstić information content (AvgIpc) is 3.01. The van der Waals surface area contributed by atoms with Crippen LogP contribution in [0, 0.1) is 13.8 Å². The Kier molecular flexibility index (Phi) is 3.66. The molecular weight excluding hydrogens is 268 g/mol. The van der Waals surface area contributed by atoms with Crippen LogP contribution in [0.4, 0.5) is 0 Å². The molecule has 3 rings (SSSR count). The summed E-state index contributed by atoms with van der Waals surface area (Å²) < 4.78 is 2.45. The quantitative estimate of drug-likeness (QED) is 0.898. The highest BCUT2D eigenvalue weighted by molar-refractivity contribution is 7.12. The fourth-order valence-corrected chi connectivity index (χ4v) is 3.44. The first-order valence-electron chi connectivity index (χ1n) is 7.16. The molecule has 1 aliphatic rings. The minimum absolute atomic E-state index is 0.0380. The molecule has 0 bridgehead atoms. The first kappa shape index (κ1) is 13.4. The zero-order valence-electron chi connectivity index (χ0n) is 12.0. The molecule has 1 aliphatic carbocycles. The van der Waals surface area contributed by atoms with E-state index in [1.54, 1.807) is 0 Å². The second kappa shape index (κ2) is 5.44. The fourth-order valence-electron chi connectivity index (χ4n) is 2.80. The topological polar surface area (TPSA) is 34.0 Å². The summed E-state index contributed by atoms with van der Waals surface area (Å²) >= 11 is 1.48. The molecule has 2 aromatic heterocycles. The lowest BCUT2D eigenvalue weighted by Crippen LogP contribution is -2.24. The molecule has 2 heterocycles. The normalized spacial score (nSPS) is 14.5. The molecule has 3 nitrogen and oxygen atoms in total. The smallest absolute Gasteiger partial charge is 0.261 e. The summed E-state index contributed by atoms with van der Waals surface area (Å²) in [6.07, 6.45) is 3.53. The van der Waals surface area contributed by atoms with Crippen molar-refractivity contribution in [1.29, 1.82) is 0 Å². The number of amides is 1. The van der Waals surface area contributed by atoms with Crippen molar-refractivity contribution in [3.63, 3.8) is 0 Å². The van der Waals surface area contributed by atoms with Crippen LogP contribution in [0.2, 0.25) is 0 Å².